The summed E-state index contributed by atoms with van der Waals surface area (Å²) >= 11 is 0. The van der Waals surface area contributed by atoms with E-state index in [1.54, 1.807) is 0 Å². The van der Waals surface area contributed by atoms with E-state index in [-0.39, 0.29) is 6.10 Å². The van der Waals surface area contributed by atoms with Crippen LogP contribution in [0.1, 0.15) is 51.9 Å². The standard InChI is InChI=1S/C12H25NO/c1-11(14)9-10-13(2)12-7-5-3-4-6-8-12/h11-12,14H,3-10H2,1-2H3. The molecule has 0 aliphatic heterocycles. The van der Waals surface area contributed by atoms with Crippen molar-refractivity contribution in [1.29, 1.82) is 0 Å². The van der Waals surface area contributed by atoms with Gasteiger partial charge in [0.2, 0.25) is 0 Å². The quantitative estimate of drug-likeness (QED) is 0.703. The summed E-state index contributed by atoms with van der Waals surface area (Å²) in [6, 6.07) is 0.774. The van der Waals surface area contributed by atoms with Gasteiger partial charge in [-0.15, -0.1) is 0 Å². The highest BCUT2D eigenvalue weighted by molar-refractivity contribution is 4.72. The zero-order valence-corrected chi connectivity index (χ0v) is 9.71. The molecule has 1 atom stereocenters. The summed E-state index contributed by atoms with van der Waals surface area (Å²) in [4.78, 5) is 2.44. The molecule has 0 aromatic carbocycles. The van der Waals surface area contributed by atoms with Gasteiger partial charge < -0.3 is 10.0 Å². The molecule has 1 N–H and O–H groups in total. The van der Waals surface area contributed by atoms with E-state index >= 15 is 0 Å². The fourth-order valence-electron chi connectivity index (χ4n) is 2.27. The van der Waals surface area contributed by atoms with Gasteiger partial charge in [0, 0.05) is 12.6 Å². The van der Waals surface area contributed by atoms with Gasteiger partial charge in [-0.3, -0.25) is 0 Å². The van der Waals surface area contributed by atoms with E-state index in [1.807, 2.05) is 6.92 Å². The largest absolute Gasteiger partial charge is 0.393 e. The molecule has 0 aromatic rings. The lowest BCUT2D eigenvalue weighted by molar-refractivity contribution is 0.144. The fraction of sp³-hybridized carbons (Fsp3) is 1.00. The molecule has 2 heteroatoms. The van der Waals surface area contributed by atoms with Gasteiger partial charge in [-0.1, -0.05) is 25.7 Å². The van der Waals surface area contributed by atoms with Gasteiger partial charge in [-0.05, 0) is 33.2 Å². The highest BCUT2D eigenvalue weighted by Crippen LogP contribution is 2.21. The number of nitrogens with zero attached hydrogens (tertiary/aromatic N) is 1. The second-order valence-electron chi connectivity index (χ2n) is 4.76. The van der Waals surface area contributed by atoms with Crippen LogP contribution in [-0.2, 0) is 0 Å². The van der Waals surface area contributed by atoms with Crippen LogP contribution in [0.25, 0.3) is 0 Å². The highest BCUT2D eigenvalue weighted by atomic mass is 16.3. The van der Waals surface area contributed by atoms with E-state index < -0.39 is 0 Å². The molecule has 0 heterocycles. The molecule has 1 rings (SSSR count). The molecule has 2 nitrogen and oxygen atoms in total. The molecule has 0 aromatic heterocycles. The Morgan fingerprint density at radius 3 is 2.29 bits per heavy atom. The van der Waals surface area contributed by atoms with Gasteiger partial charge >= 0.3 is 0 Å². The molecule has 1 aliphatic carbocycles. The van der Waals surface area contributed by atoms with Crippen molar-refractivity contribution in [2.75, 3.05) is 13.6 Å². The maximum atomic E-state index is 9.23. The molecular formula is C12H25NO. The van der Waals surface area contributed by atoms with Crippen molar-refractivity contribution in [1.82, 2.24) is 4.90 Å². The van der Waals surface area contributed by atoms with Crippen LogP contribution in [0, 0.1) is 0 Å². The van der Waals surface area contributed by atoms with Crippen LogP contribution in [0.5, 0.6) is 0 Å². The Balaban J connectivity index is 2.23. The predicted octanol–water partition coefficient (Wildman–Crippen LogP) is 2.41. The van der Waals surface area contributed by atoms with Crippen molar-refractivity contribution in [3.8, 4) is 0 Å². The molecule has 14 heavy (non-hydrogen) atoms. The van der Waals surface area contributed by atoms with Crippen molar-refractivity contribution in [3.05, 3.63) is 0 Å². The lowest BCUT2D eigenvalue weighted by Gasteiger charge is -2.27. The van der Waals surface area contributed by atoms with Crippen molar-refractivity contribution in [2.24, 2.45) is 0 Å². The SMILES string of the molecule is CC(O)CCN(C)C1CCCCCC1. The first-order valence-corrected chi connectivity index (χ1v) is 6.08. The molecular weight excluding hydrogens is 174 g/mol. The average Bonchev–Trinajstić information content (AvgIpc) is 2.42. The van der Waals surface area contributed by atoms with E-state index in [9.17, 15) is 5.11 Å². The molecule has 0 saturated heterocycles. The van der Waals surface area contributed by atoms with Gasteiger partial charge in [0.1, 0.15) is 0 Å². The average molecular weight is 199 g/mol. The third-order valence-electron chi connectivity index (χ3n) is 3.35. The number of aliphatic hydroxyl groups excluding tert-OH is 1. The first kappa shape index (κ1) is 12.0. The van der Waals surface area contributed by atoms with Gasteiger partial charge in [0.05, 0.1) is 6.10 Å². The third-order valence-corrected chi connectivity index (χ3v) is 3.35. The van der Waals surface area contributed by atoms with Crippen LogP contribution in [0.2, 0.25) is 0 Å². The predicted molar refractivity (Wildman–Crippen MR) is 60.4 cm³/mol. The summed E-state index contributed by atoms with van der Waals surface area (Å²) < 4.78 is 0. The van der Waals surface area contributed by atoms with Crippen LogP contribution in [-0.4, -0.2) is 35.7 Å². The van der Waals surface area contributed by atoms with Gasteiger partial charge in [0.15, 0.2) is 0 Å². The minimum Gasteiger partial charge on any atom is -0.393 e. The topological polar surface area (TPSA) is 23.5 Å². The van der Waals surface area contributed by atoms with Crippen molar-refractivity contribution in [3.63, 3.8) is 0 Å². The van der Waals surface area contributed by atoms with Crippen LogP contribution in [0.4, 0.5) is 0 Å². The van der Waals surface area contributed by atoms with E-state index in [0.29, 0.717) is 0 Å². The van der Waals surface area contributed by atoms with Gasteiger partial charge in [0.25, 0.3) is 0 Å². The Kier molecular flexibility index (Phi) is 5.49. The van der Waals surface area contributed by atoms with E-state index in [4.69, 9.17) is 0 Å². The maximum absolute atomic E-state index is 9.23. The second kappa shape index (κ2) is 6.41. The first-order chi connectivity index (χ1) is 6.70. The summed E-state index contributed by atoms with van der Waals surface area (Å²) in [7, 11) is 2.21. The molecule has 1 aliphatic rings. The van der Waals surface area contributed by atoms with Gasteiger partial charge in [-0.2, -0.15) is 0 Å². The zero-order chi connectivity index (χ0) is 10.4. The number of hydrogen-bond donors (Lipinski definition) is 1. The van der Waals surface area contributed by atoms with E-state index in [2.05, 4.69) is 11.9 Å². The lowest BCUT2D eigenvalue weighted by atomic mass is 10.1. The molecule has 1 saturated carbocycles. The van der Waals surface area contributed by atoms with Gasteiger partial charge in [-0.25, -0.2) is 0 Å². The highest BCUT2D eigenvalue weighted by Gasteiger charge is 2.16. The van der Waals surface area contributed by atoms with E-state index in [0.717, 1.165) is 19.0 Å². The maximum Gasteiger partial charge on any atom is 0.0524 e. The Hall–Kier alpha value is -0.0800. The number of hydrogen-bond acceptors (Lipinski definition) is 2. The minimum absolute atomic E-state index is 0.150. The molecule has 0 radical (unpaired) electrons. The second-order valence-corrected chi connectivity index (χ2v) is 4.76. The Labute approximate surface area is 88.3 Å². The van der Waals surface area contributed by atoms with Crippen LogP contribution in [0.3, 0.4) is 0 Å². The van der Waals surface area contributed by atoms with Crippen LogP contribution in [0.15, 0.2) is 0 Å². The molecule has 1 unspecified atom stereocenters. The summed E-state index contributed by atoms with van der Waals surface area (Å²) in [5.41, 5.74) is 0. The molecule has 0 amide bonds. The number of aliphatic hydroxyl groups is 1. The lowest BCUT2D eigenvalue weighted by Crippen LogP contribution is -2.33. The molecule has 1 fully saturated rings. The Morgan fingerprint density at radius 2 is 1.79 bits per heavy atom. The molecule has 0 bridgehead atoms. The third kappa shape index (κ3) is 4.43. The normalized spacial score (nSPS) is 22.3. The fourth-order valence-corrected chi connectivity index (χ4v) is 2.27. The molecule has 0 spiro atoms. The smallest absolute Gasteiger partial charge is 0.0524 e. The van der Waals surface area contributed by atoms with Crippen molar-refractivity contribution < 1.29 is 5.11 Å². The number of rotatable bonds is 4. The van der Waals surface area contributed by atoms with E-state index in [1.165, 1.54) is 38.5 Å². The minimum atomic E-state index is -0.150. The summed E-state index contributed by atoms with van der Waals surface area (Å²) in [6.45, 7) is 2.92. The monoisotopic (exact) mass is 199 g/mol. The van der Waals surface area contributed by atoms with Crippen molar-refractivity contribution in [2.45, 2.75) is 64.0 Å². The first-order valence-electron chi connectivity index (χ1n) is 6.08. The zero-order valence-electron chi connectivity index (χ0n) is 9.71. The summed E-state index contributed by atoms with van der Waals surface area (Å²) in [5.74, 6) is 0. The van der Waals surface area contributed by atoms with Crippen molar-refractivity contribution >= 4 is 0 Å². The summed E-state index contributed by atoms with van der Waals surface area (Å²) in [6.07, 6.45) is 9.09. The molecule has 84 valence electrons. The van der Waals surface area contributed by atoms with Crippen LogP contribution >= 0.6 is 0 Å². The Morgan fingerprint density at radius 1 is 1.21 bits per heavy atom. The Bertz CT molecular complexity index is 139. The summed E-state index contributed by atoms with van der Waals surface area (Å²) in [5, 5.41) is 9.23. The van der Waals surface area contributed by atoms with Crippen LogP contribution < -0.4 is 0 Å².